The van der Waals surface area contributed by atoms with Crippen LogP contribution >= 0.6 is 11.6 Å². The molecule has 1 aromatic heterocycles. The van der Waals surface area contributed by atoms with Crippen molar-refractivity contribution in [1.82, 2.24) is 14.2 Å². The summed E-state index contributed by atoms with van der Waals surface area (Å²) in [6.07, 6.45) is 2.80. The van der Waals surface area contributed by atoms with E-state index >= 15 is 0 Å². The number of likely N-dealkylation sites (tertiary alicyclic amines) is 1. The summed E-state index contributed by atoms with van der Waals surface area (Å²) in [5.41, 5.74) is 1.87. The number of pyridine rings is 1. The number of benzene rings is 2. The summed E-state index contributed by atoms with van der Waals surface area (Å²) >= 11 is 6.23. The highest BCUT2D eigenvalue weighted by atomic mass is 35.5. The maximum atomic E-state index is 14.9. The van der Waals surface area contributed by atoms with Crippen molar-refractivity contribution in [2.45, 2.75) is 0 Å². The third kappa shape index (κ3) is 3.48. The van der Waals surface area contributed by atoms with Crippen molar-refractivity contribution in [2.24, 2.45) is 5.41 Å². The molecule has 0 aliphatic carbocycles. The Hall–Kier alpha value is -2.55. The van der Waals surface area contributed by atoms with E-state index in [1.807, 2.05) is 0 Å². The molecule has 31 heavy (non-hydrogen) atoms. The van der Waals surface area contributed by atoms with Crippen molar-refractivity contribution in [3.63, 3.8) is 0 Å². The number of sulfonamides is 1. The third-order valence-electron chi connectivity index (χ3n) is 6.05. The molecule has 0 saturated carbocycles. The second kappa shape index (κ2) is 6.98. The van der Waals surface area contributed by atoms with Crippen molar-refractivity contribution in [3.05, 3.63) is 65.1 Å². The molecular weight excluding hydrogens is 441 g/mol. The lowest BCUT2D eigenvalue weighted by Gasteiger charge is -2.59. The Kier molecular flexibility index (Phi) is 4.58. The van der Waals surface area contributed by atoms with Gasteiger partial charge in [0.2, 0.25) is 10.0 Å². The first kappa shape index (κ1) is 20.4. The van der Waals surface area contributed by atoms with Gasteiger partial charge in [-0.2, -0.15) is 0 Å². The van der Waals surface area contributed by atoms with E-state index in [0.717, 1.165) is 10.9 Å². The number of carbonyl (C=O) groups excluding carboxylic acids is 1. The molecule has 2 aliphatic heterocycles. The Morgan fingerprint density at radius 1 is 1.10 bits per heavy atom. The number of nitrogens with zero attached hydrogens (tertiary/aromatic N) is 3. The van der Waals surface area contributed by atoms with E-state index in [4.69, 9.17) is 11.6 Å². The number of rotatable bonds is 3. The Morgan fingerprint density at radius 2 is 1.84 bits per heavy atom. The molecule has 9 heteroatoms. The number of hydrogen-bond donors (Lipinski definition) is 0. The van der Waals surface area contributed by atoms with Gasteiger partial charge in [-0.05, 0) is 35.9 Å². The minimum atomic E-state index is -3.19. The van der Waals surface area contributed by atoms with E-state index in [9.17, 15) is 17.6 Å². The van der Waals surface area contributed by atoms with Crippen LogP contribution in [-0.4, -0.2) is 60.9 Å². The van der Waals surface area contributed by atoms with Gasteiger partial charge in [0.15, 0.2) is 0 Å². The zero-order valence-electron chi connectivity index (χ0n) is 16.7. The van der Waals surface area contributed by atoms with E-state index < -0.39 is 15.8 Å². The van der Waals surface area contributed by atoms with Crippen molar-refractivity contribution < 1.29 is 17.6 Å². The Bertz CT molecular complexity index is 1330. The quantitative estimate of drug-likeness (QED) is 0.601. The highest BCUT2D eigenvalue weighted by Gasteiger charge is 2.55. The molecule has 1 spiro atoms. The number of halogens is 2. The Balaban J connectivity index is 1.33. The van der Waals surface area contributed by atoms with Crippen LogP contribution < -0.4 is 0 Å². The van der Waals surface area contributed by atoms with E-state index in [-0.39, 0.29) is 16.9 Å². The van der Waals surface area contributed by atoms with E-state index in [1.54, 1.807) is 47.5 Å². The molecule has 0 bridgehead atoms. The van der Waals surface area contributed by atoms with Crippen LogP contribution in [0.15, 0.2) is 48.7 Å². The molecule has 6 nitrogen and oxygen atoms in total. The highest BCUT2D eigenvalue weighted by Crippen LogP contribution is 2.41. The number of fused-ring (bicyclic) bond motifs is 1. The lowest BCUT2D eigenvalue weighted by molar-refractivity contribution is -0.0630. The molecule has 3 heterocycles. The SMILES string of the molecule is CS(=O)(=O)N1CC2(CN(C(=O)c3ccc(-c4ccc5nccc(Cl)c5c4)c(F)c3)C2)C1. The lowest BCUT2D eigenvalue weighted by atomic mass is 9.74. The first-order chi connectivity index (χ1) is 14.7. The largest absolute Gasteiger partial charge is 0.337 e. The smallest absolute Gasteiger partial charge is 0.253 e. The van der Waals surface area contributed by atoms with E-state index in [0.29, 0.717) is 42.3 Å². The Morgan fingerprint density at radius 3 is 2.52 bits per heavy atom. The summed E-state index contributed by atoms with van der Waals surface area (Å²) in [7, 11) is -3.19. The highest BCUT2D eigenvalue weighted by molar-refractivity contribution is 7.88. The summed E-state index contributed by atoms with van der Waals surface area (Å²) in [6, 6.07) is 11.5. The van der Waals surface area contributed by atoms with Gasteiger partial charge in [-0.1, -0.05) is 23.7 Å². The van der Waals surface area contributed by atoms with Crippen LogP contribution in [0.1, 0.15) is 10.4 Å². The minimum absolute atomic E-state index is 0.157. The fourth-order valence-electron chi connectivity index (χ4n) is 4.39. The molecule has 0 unspecified atom stereocenters. The first-order valence-corrected chi connectivity index (χ1v) is 12.0. The van der Waals surface area contributed by atoms with Crippen LogP contribution in [0, 0.1) is 11.2 Å². The van der Waals surface area contributed by atoms with Crippen molar-refractivity contribution in [3.8, 4) is 11.1 Å². The summed E-state index contributed by atoms with van der Waals surface area (Å²) in [4.78, 5) is 18.6. The van der Waals surface area contributed by atoms with Crippen LogP contribution in [0.25, 0.3) is 22.0 Å². The molecule has 160 valence electrons. The van der Waals surface area contributed by atoms with Crippen LogP contribution in [0.5, 0.6) is 0 Å². The van der Waals surface area contributed by atoms with Gasteiger partial charge in [0.05, 0.1) is 16.8 Å². The minimum Gasteiger partial charge on any atom is -0.337 e. The molecule has 0 atom stereocenters. The lowest BCUT2D eigenvalue weighted by Crippen LogP contribution is -2.73. The van der Waals surface area contributed by atoms with Crippen molar-refractivity contribution in [2.75, 3.05) is 32.4 Å². The maximum Gasteiger partial charge on any atom is 0.253 e. The molecule has 5 rings (SSSR count). The molecule has 0 radical (unpaired) electrons. The van der Waals surface area contributed by atoms with Gasteiger partial charge in [0, 0.05) is 54.3 Å². The van der Waals surface area contributed by atoms with Crippen LogP contribution in [0.4, 0.5) is 4.39 Å². The van der Waals surface area contributed by atoms with Gasteiger partial charge in [-0.25, -0.2) is 17.1 Å². The van der Waals surface area contributed by atoms with E-state index in [1.165, 1.54) is 16.6 Å². The average molecular weight is 460 g/mol. The molecule has 1 amide bonds. The monoisotopic (exact) mass is 459 g/mol. The maximum absolute atomic E-state index is 14.9. The predicted octanol–water partition coefficient (Wildman–Crippen LogP) is 3.41. The topological polar surface area (TPSA) is 70.6 Å². The molecular formula is C22H19ClFN3O3S. The second-order valence-corrected chi connectivity index (χ2v) is 10.8. The van der Waals surface area contributed by atoms with Crippen molar-refractivity contribution >= 4 is 38.4 Å². The molecule has 2 aromatic carbocycles. The zero-order valence-corrected chi connectivity index (χ0v) is 18.3. The van der Waals surface area contributed by atoms with Crippen LogP contribution in [0.3, 0.4) is 0 Å². The summed E-state index contributed by atoms with van der Waals surface area (Å²) in [5, 5.41) is 1.27. The molecule has 3 aromatic rings. The van der Waals surface area contributed by atoms with Gasteiger partial charge in [0.25, 0.3) is 5.91 Å². The van der Waals surface area contributed by atoms with E-state index in [2.05, 4.69) is 4.98 Å². The molecule has 2 aliphatic rings. The number of amides is 1. The number of aromatic nitrogens is 1. The zero-order chi connectivity index (χ0) is 22.0. The van der Waals surface area contributed by atoms with Gasteiger partial charge < -0.3 is 4.90 Å². The summed E-state index contributed by atoms with van der Waals surface area (Å²) < 4.78 is 39.4. The standard InChI is InChI=1S/C22H19ClFN3O3S/c1-31(29,30)27-12-22(13-27)10-26(11-22)21(28)15-2-4-16(19(24)9-15)14-3-5-20-17(8-14)18(23)6-7-25-20/h2-9H,10-13H2,1H3. The second-order valence-electron chi connectivity index (χ2n) is 8.41. The van der Waals surface area contributed by atoms with Crippen LogP contribution in [0.2, 0.25) is 5.02 Å². The summed E-state index contributed by atoms with van der Waals surface area (Å²) in [6.45, 7) is 1.83. The molecule has 2 saturated heterocycles. The fraction of sp³-hybridized carbons (Fsp3) is 0.273. The number of carbonyl (C=O) groups is 1. The Labute approximate surface area is 184 Å². The van der Waals surface area contributed by atoms with Gasteiger partial charge in [-0.3, -0.25) is 9.78 Å². The van der Waals surface area contributed by atoms with Gasteiger partial charge >= 0.3 is 0 Å². The van der Waals surface area contributed by atoms with Gasteiger partial charge in [-0.15, -0.1) is 0 Å². The fourth-order valence-corrected chi connectivity index (χ4v) is 5.61. The molecule has 0 N–H and O–H groups in total. The van der Waals surface area contributed by atoms with Gasteiger partial charge in [0.1, 0.15) is 5.82 Å². The first-order valence-electron chi connectivity index (χ1n) is 9.74. The summed E-state index contributed by atoms with van der Waals surface area (Å²) in [5.74, 6) is -0.744. The number of hydrogen-bond acceptors (Lipinski definition) is 4. The third-order valence-corrected chi connectivity index (χ3v) is 7.57. The average Bonchev–Trinajstić information content (AvgIpc) is 2.65. The molecule has 2 fully saturated rings. The predicted molar refractivity (Wildman–Crippen MR) is 117 cm³/mol. The van der Waals surface area contributed by atoms with Crippen LogP contribution in [-0.2, 0) is 10.0 Å². The normalized spacial score (nSPS) is 18.1. The van der Waals surface area contributed by atoms with Crippen molar-refractivity contribution in [1.29, 1.82) is 0 Å².